The number of carbonyl (C=O) groups is 2. The van der Waals surface area contributed by atoms with Gasteiger partial charge in [0, 0.05) is 54.1 Å². The summed E-state index contributed by atoms with van der Waals surface area (Å²) in [5, 5.41) is 3.83. The van der Waals surface area contributed by atoms with Crippen molar-refractivity contribution in [3.8, 4) is 0 Å². The van der Waals surface area contributed by atoms with E-state index in [9.17, 15) is 9.59 Å². The molecular formula is C22H27ClN2O3. The zero-order chi connectivity index (χ0) is 20.8. The van der Waals surface area contributed by atoms with Crippen LogP contribution < -0.4 is 10.2 Å². The molecule has 150 valence electrons. The van der Waals surface area contributed by atoms with Gasteiger partial charge in [-0.25, -0.2) is 4.79 Å². The zero-order valence-corrected chi connectivity index (χ0v) is 18.0. The molecule has 0 aromatic heterocycles. The van der Waals surface area contributed by atoms with Crippen LogP contribution in [0.5, 0.6) is 0 Å². The van der Waals surface area contributed by atoms with Gasteiger partial charge in [-0.1, -0.05) is 31.5 Å². The number of nitrogens with zero attached hydrogens (tertiary/aromatic N) is 1. The van der Waals surface area contributed by atoms with Crippen LogP contribution in [0.2, 0.25) is 5.02 Å². The van der Waals surface area contributed by atoms with Crippen LogP contribution in [0, 0.1) is 5.41 Å². The lowest BCUT2D eigenvalue weighted by atomic mass is 9.68. The van der Waals surface area contributed by atoms with Crippen molar-refractivity contribution in [1.29, 1.82) is 0 Å². The number of hydrogen-bond donors (Lipinski definition) is 1. The van der Waals surface area contributed by atoms with E-state index in [4.69, 9.17) is 16.3 Å². The van der Waals surface area contributed by atoms with Gasteiger partial charge in [-0.05, 0) is 36.5 Å². The topological polar surface area (TPSA) is 58.6 Å². The van der Waals surface area contributed by atoms with Crippen LogP contribution >= 0.6 is 11.6 Å². The minimum absolute atomic E-state index is 0.0467. The number of nitrogens with one attached hydrogen (secondary N) is 1. The summed E-state index contributed by atoms with van der Waals surface area (Å²) < 4.78 is 5.05. The fraction of sp³-hybridized carbons (Fsp3) is 0.455. The number of anilines is 1. The Morgan fingerprint density at radius 3 is 2.54 bits per heavy atom. The third-order valence-electron chi connectivity index (χ3n) is 5.46. The summed E-state index contributed by atoms with van der Waals surface area (Å²) in [7, 11) is 5.23. The second-order valence-corrected chi connectivity index (χ2v) is 8.93. The molecule has 0 bridgehead atoms. The van der Waals surface area contributed by atoms with E-state index in [1.807, 2.05) is 44.1 Å². The fourth-order valence-electron chi connectivity index (χ4n) is 4.16. The lowest BCUT2D eigenvalue weighted by Crippen LogP contribution is -2.38. The molecule has 0 fully saturated rings. The van der Waals surface area contributed by atoms with Crippen LogP contribution in [-0.2, 0) is 14.3 Å². The molecule has 0 saturated heterocycles. The van der Waals surface area contributed by atoms with Crippen molar-refractivity contribution in [3.63, 3.8) is 0 Å². The minimum atomic E-state index is -0.531. The molecule has 3 rings (SSSR count). The van der Waals surface area contributed by atoms with Crippen LogP contribution in [0.4, 0.5) is 5.69 Å². The summed E-state index contributed by atoms with van der Waals surface area (Å²) in [6.45, 7) is 6.01. The lowest BCUT2D eigenvalue weighted by Gasteiger charge is -2.39. The van der Waals surface area contributed by atoms with Crippen LogP contribution in [-0.4, -0.2) is 33.0 Å². The van der Waals surface area contributed by atoms with Gasteiger partial charge in [0.25, 0.3) is 0 Å². The number of benzene rings is 1. The molecule has 6 heteroatoms. The van der Waals surface area contributed by atoms with Gasteiger partial charge >= 0.3 is 5.97 Å². The molecule has 1 heterocycles. The first-order valence-corrected chi connectivity index (χ1v) is 9.72. The maximum Gasteiger partial charge on any atom is 0.336 e. The van der Waals surface area contributed by atoms with E-state index in [1.165, 1.54) is 7.11 Å². The van der Waals surface area contributed by atoms with Crippen molar-refractivity contribution in [1.82, 2.24) is 5.32 Å². The second-order valence-electron chi connectivity index (χ2n) is 8.52. The largest absolute Gasteiger partial charge is 0.466 e. The van der Waals surface area contributed by atoms with Gasteiger partial charge in [-0.15, -0.1) is 0 Å². The van der Waals surface area contributed by atoms with E-state index in [0.29, 0.717) is 28.3 Å². The molecular weight excluding hydrogens is 376 g/mol. The molecule has 0 saturated carbocycles. The summed E-state index contributed by atoms with van der Waals surface area (Å²) in [6.07, 6.45) is 1.18. The second kappa shape index (κ2) is 7.28. The Labute approximate surface area is 171 Å². The van der Waals surface area contributed by atoms with Crippen molar-refractivity contribution >= 4 is 29.0 Å². The Morgan fingerprint density at radius 1 is 1.29 bits per heavy atom. The van der Waals surface area contributed by atoms with Gasteiger partial charge in [-0.3, -0.25) is 4.79 Å². The first-order chi connectivity index (χ1) is 13.1. The summed E-state index contributed by atoms with van der Waals surface area (Å²) in [5.74, 6) is -0.937. The molecule has 1 aliphatic carbocycles. The number of carbonyl (C=O) groups excluding carboxylic acids is 2. The molecule has 1 atom stereocenters. The van der Waals surface area contributed by atoms with Crippen molar-refractivity contribution in [2.75, 3.05) is 26.1 Å². The monoisotopic (exact) mass is 402 g/mol. The summed E-state index contributed by atoms with van der Waals surface area (Å²) >= 11 is 6.65. The van der Waals surface area contributed by atoms with Gasteiger partial charge in [0.1, 0.15) is 0 Å². The standard InChI is InChI=1S/C22H27ClN2O3/c1-12-18(21(27)28-6)19(14-8-7-13(25(4)5)9-15(14)23)20-16(24-12)10-22(2,3)11-17(20)26/h7-9,19,24H,10-11H2,1-6H3/t19-/m0/s1. The Hall–Kier alpha value is -2.27. The Bertz CT molecular complexity index is 912. The van der Waals surface area contributed by atoms with Gasteiger partial charge in [0.05, 0.1) is 12.7 Å². The Morgan fingerprint density at radius 2 is 1.96 bits per heavy atom. The molecule has 28 heavy (non-hydrogen) atoms. The predicted octanol–water partition coefficient (Wildman–Crippen LogP) is 4.18. The van der Waals surface area contributed by atoms with Crippen LogP contribution in [0.25, 0.3) is 0 Å². The lowest BCUT2D eigenvalue weighted by molar-refractivity contribution is -0.136. The smallest absolute Gasteiger partial charge is 0.336 e. The number of hydrogen-bond acceptors (Lipinski definition) is 5. The molecule has 0 unspecified atom stereocenters. The molecule has 1 aromatic rings. The first kappa shape index (κ1) is 20.5. The third kappa shape index (κ3) is 3.55. The van der Waals surface area contributed by atoms with Crippen LogP contribution in [0.3, 0.4) is 0 Å². The van der Waals surface area contributed by atoms with E-state index in [1.54, 1.807) is 0 Å². The molecule has 1 aliphatic heterocycles. The highest BCUT2D eigenvalue weighted by atomic mass is 35.5. The summed E-state index contributed by atoms with van der Waals surface area (Å²) in [4.78, 5) is 27.8. The highest BCUT2D eigenvalue weighted by Gasteiger charge is 2.43. The normalized spacial score (nSPS) is 21.2. The molecule has 2 aliphatic rings. The van der Waals surface area contributed by atoms with E-state index < -0.39 is 11.9 Å². The van der Waals surface area contributed by atoms with Crippen LogP contribution in [0.1, 0.15) is 45.1 Å². The molecule has 0 radical (unpaired) electrons. The average Bonchev–Trinajstić information content (AvgIpc) is 2.58. The third-order valence-corrected chi connectivity index (χ3v) is 5.78. The van der Waals surface area contributed by atoms with E-state index >= 15 is 0 Å². The van der Waals surface area contributed by atoms with Crippen molar-refractivity contribution in [2.24, 2.45) is 5.41 Å². The van der Waals surface area contributed by atoms with Gasteiger partial charge in [0.2, 0.25) is 0 Å². The number of ketones is 1. The fourth-order valence-corrected chi connectivity index (χ4v) is 4.44. The number of halogens is 1. The number of rotatable bonds is 3. The van der Waals surface area contributed by atoms with Gasteiger partial charge < -0.3 is 15.0 Å². The summed E-state index contributed by atoms with van der Waals surface area (Å²) in [5.41, 5.74) is 4.22. The Balaban J connectivity index is 2.22. The molecule has 1 aromatic carbocycles. The van der Waals surface area contributed by atoms with E-state index in [0.717, 1.165) is 23.4 Å². The van der Waals surface area contributed by atoms with Gasteiger partial charge in [0.15, 0.2) is 5.78 Å². The van der Waals surface area contributed by atoms with Crippen LogP contribution in [0.15, 0.2) is 40.7 Å². The highest BCUT2D eigenvalue weighted by molar-refractivity contribution is 6.32. The molecule has 1 N–H and O–H groups in total. The highest BCUT2D eigenvalue weighted by Crippen LogP contribution is 2.48. The van der Waals surface area contributed by atoms with E-state index in [-0.39, 0.29) is 11.2 Å². The minimum Gasteiger partial charge on any atom is -0.466 e. The van der Waals surface area contributed by atoms with Crippen molar-refractivity contribution in [2.45, 2.75) is 39.5 Å². The number of esters is 1. The maximum atomic E-state index is 13.2. The van der Waals surface area contributed by atoms with Crippen molar-refractivity contribution < 1.29 is 14.3 Å². The summed E-state index contributed by atoms with van der Waals surface area (Å²) in [6, 6.07) is 5.72. The quantitative estimate of drug-likeness (QED) is 0.768. The maximum absolute atomic E-state index is 13.2. The van der Waals surface area contributed by atoms with Gasteiger partial charge in [-0.2, -0.15) is 0 Å². The number of allylic oxidation sites excluding steroid dienone is 3. The predicted molar refractivity (Wildman–Crippen MR) is 111 cm³/mol. The number of Topliss-reactive ketones (excluding diaryl/α,β-unsaturated/α-hetero) is 1. The number of dihydropyridines is 1. The van der Waals surface area contributed by atoms with Crippen molar-refractivity contribution in [3.05, 3.63) is 51.3 Å². The Kier molecular flexibility index (Phi) is 5.32. The van der Waals surface area contributed by atoms with E-state index in [2.05, 4.69) is 19.2 Å². The molecule has 0 amide bonds. The number of methoxy groups -OCH3 is 1. The SMILES string of the molecule is COC(=O)C1=C(C)NC2=C(C(=O)CC(C)(C)C2)[C@H]1c1ccc(N(C)C)cc1Cl. The molecule has 5 nitrogen and oxygen atoms in total. The first-order valence-electron chi connectivity index (χ1n) is 9.35. The zero-order valence-electron chi connectivity index (χ0n) is 17.3. The number of ether oxygens (including phenoxy) is 1. The molecule has 0 spiro atoms. The average molecular weight is 403 g/mol.